The van der Waals surface area contributed by atoms with Gasteiger partial charge in [-0.3, -0.25) is 4.90 Å². The third kappa shape index (κ3) is 3.94. The molecule has 110 valence electrons. The maximum Gasteiger partial charge on any atom is 0.326 e. The molecule has 0 radical (unpaired) electrons. The van der Waals surface area contributed by atoms with Gasteiger partial charge in [0.05, 0.1) is 0 Å². The van der Waals surface area contributed by atoms with Crippen LogP contribution < -0.4 is 10.2 Å². The number of carbonyl (C=O) groups is 2. The predicted molar refractivity (Wildman–Crippen MR) is 74.2 cm³/mol. The van der Waals surface area contributed by atoms with E-state index < -0.39 is 23.9 Å². The summed E-state index contributed by atoms with van der Waals surface area (Å²) >= 11 is 0. The van der Waals surface area contributed by atoms with Gasteiger partial charge in [-0.1, -0.05) is 20.3 Å². The van der Waals surface area contributed by atoms with Crippen LogP contribution in [0.25, 0.3) is 0 Å². The average molecular weight is 282 g/mol. The molecule has 0 fully saturated rings. The minimum Gasteiger partial charge on any atom is -0.480 e. The van der Waals surface area contributed by atoms with Crippen molar-refractivity contribution in [2.45, 2.75) is 26.3 Å². The zero-order chi connectivity index (χ0) is 15.3. The first-order valence-electron chi connectivity index (χ1n) is 6.39. The van der Waals surface area contributed by atoms with Crippen LogP contribution in [0.4, 0.5) is 14.9 Å². The van der Waals surface area contributed by atoms with Gasteiger partial charge < -0.3 is 10.4 Å². The van der Waals surface area contributed by atoms with Crippen LogP contribution in [0, 0.1) is 11.7 Å². The van der Waals surface area contributed by atoms with Gasteiger partial charge in [0.15, 0.2) is 0 Å². The molecule has 1 aromatic rings. The molecule has 2 N–H and O–H groups in total. The Morgan fingerprint density at radius 1 is 1.35 bits per heavy atom. The van der Waals surface area contributed by atoms with E-state index in [0.717, 1.165) is 0 Å². The van der Waals surface area contributed by atoms with E-state index in [1.165, 1.54) is 36.2 Å². The summed E-state index contributed by atoms with van der Waals surface area (Å²) in [6, 6.07) is 3.90. The number of rotatable bonds is 5. The second-order valence-electron chi connectivity index (χ2n) is 4.69. The molecule has 0 aromatic heterocycles. The Labute approximate surface area is 117 Å². The van der Waals surface area contributed by atoms with Crippen molar-refractivity contribution in [1.82, 2.24) is 5.32 Å². The molecule has 0 aliphatic heterocycles. The maximum atomic E-state index is 12.8. The van der Waals surface area contributed by atoms with Gasteiger partial charge in [-0.05, 0) is 30.2 Å². The minimum absolute atomic E-state index is 0.182. The van der Waals surface area contributed by atoms with Gasteiger partial charge in [0.1, 0.15) is 11.9 Å². The number of carboxylic acid groups (broad SMARTS) is 1. The molecule has 1 rings (SSSR count). The summed E-state index contributed by atoms with van der Waals surface area (Å²) in [6.07, 6.45) is 0.636. The standard InChI is InChI=1S/C14H19FN2O3/c1-4-9(2)12(13(18)19)16-14(20)17(3)11-7-5-10(15)6-8-11/h5-9,12H,4H2,1-3H3,(H,16,20)(H,18,19). The van der Waals surface area contributed by atoms with E-state index in [2.05, 4.69) is 5.32 Å². The van der Waals surface area contributed by atoms with E-state index in [4.69, 9.17) is 5.11 Å². The van der Waals surface area contributed by atoms with E-state index in [1.54, 1.807) is 6.92 Å². The number of benzene rings is 1. The highest BCUT2D eigenvalue weighted by Gasteiger charge is 2.26. The number of nitrogens with one attached hydrogen (secondary N) is 1. The first-order valence-corrected chi connectivity index (χ1v) is 6.39. The van der Waals surface area contributed by atoms with Crippen LogP contribution in [0.2, 0.25) is 0 Å². The molecular weight excluding hydrogens is 263 g/mol. The van der Waals surface area contributed by atoms with Gasteiger partial charge in [-0.15, -0.1) is 0 Å². The van der Waals surface area contributed by atoms with Crippen molar-refractivity contribution in [3.8, 4) is 0 Å². The van der Waals surface area contributed by atoms with Gasteiger partial charge in [0, 0.05) is 12.7 Å². The molecule has 0 aliphatic carbocycles. The summed E-state index contributed by atoms with van der Waals surface area (Å²) in [5, 5.41) is 11.6. The molecule has 0 heterocycles. The first kappa shape index (κ1) is 15.9. The lowest BCUT2D eigenvalue weighted by atomic mass is 9.99. The molecule has 0 saturated heterocycles. The van der Waals surface area contributed by atoms with Crippen molar-refractivity contribution in [2.24, 2.45) is 5.92 Å². The van der Waals surface area contributed by atoms with Gasteiger partial charge >= 0.3 is 12.0 Å². The first-order chi connectivity index (χ1) is 9.36. The van der Waals surface area contributed by atoms with Crippen molar-refractivity contribution < 1.29 is 19.1 Å². The fourth-order valence-electron chi connectivity index (χ4n) is 1.69. The minimum atomic E-state index is -1.07. The van der Waals surface area contributed by atoms with Crippen LogP contribution in [0.1, 0.15) is 20.3 Å². The number of aliphatic carboxylic acids is 1. The van der Waals surface area contributed by atoms with E-state index in [9.17, 15) is 14.0 Å². The number of carbonyl (C=O) groups excluding carboxylic acids is 1. The molecule has 2 unspecified atom stereocenters. The predicted octanol–water partition coefficient (Wildman–Crippen LogP) is 2.47. The maximum absolute atomic E-state index is 12.8. The number of hydrogen-bond acceptors (Lipinski definition) is 2. The normalized spacial score (nSPS) is 13.4. The third-order valence-electron chi connectivity index (χ3n) is 3.28. The van der Waals surface area contributed by atoms with Crippen LogP contribution in [-0.4, -0.2) is 30.2 Å². The lowest BCUT2D eigenvalue weighted by Crippen LogP contribution is -2.49. The summed E-state index contributed by atoms with van der Waals surface area (Å²) in [5.41, 5.74) is 0.484. The van der Waals surface area contributed by atoms with Gasteiger partial charge in [-0.2, -0.15) is 0 Å². The highest BCUT2D eigenvalue weighted by Crippen LogP contribution is 2.14. The smallest absolute Gasteiger partial charge is 0.326 e. The second kappa shape index (κ2) is 6.88. The summed E-state index contributed by atoms with van der Waals surface area (Å²) in [4.78, 5) is 24.4. The topological polar surface area (TPSA) is 69.6 Å². The fraction of sp³-hybridized carbons (Fsp3) is 0.429. The Bertz CT molecular complexity index is 476. The van der Waals surface area contributed by atoms with Gasteiger partial charge in [0.25, 0.3) is 0 Å². The van der Waals surface area contributed by atoms with E-state index in [-0.39, 0.29) is 5.92 Å². The summed E-state index contributed by atoms with van der Waals surface area (Å²) in [7, 11) is 1.50. The number of amides is 2. The lowest BCUT2D eigenvalue weighted by molar-refractivity contribution is -0.140. The third-order valence-corrected chi connectivity index (χ3v) is 3.28. The molecule has 0 bridgehead atoms. The number of hydrogen-bond donors (Lipinski definition) is 2. The van der Waals surface area contributed by atoms with Crippen molar-refractivity contribution in [3.05, 3.63) is 30.1 Å². The summed E-state index contributed by atoms with van der Waals surface area (Å²) in [6.45, 7) is 3.62. The van der Waals surface area contributed by atoms with Crippen LogP contribution >= 0.6 is 0 Å². The summed E-state index contributed by atoms with van der Waals surface area (Å²) < 4.78 is 12.8. The Hall–Kier alpha value is -2.11. The summed E-state index contributed by atoms with van der Waals surface area (Å²) in [5.74, 6) is -1.65. The highest BCUT2D eigenvalue weighted by atomic mass is 19.1. The molecule has 5 nitrogen and oxygen atoms in total. The molecule has 0 aliphatic rings. The molecule has 6 heteroatoms. The Morgan fingerprint density at radius 3 is 2.35 bits per heavy atom. The fourth-order valence-corrected chi connectivity index (χ4v) is 1.69. The largest absolute Gasteiger partial charge is 0.480 e. The van der Waals surface area contributed by atoms with E-state index in [1.807, 2.05) is 6.92 Å². The molecule has 0 spiro atoms. The zero-order valence-electron chi connectivity index (χ0n) is 11.8. The van der Waals surface area contributed by atoms with Crippen molar-refractivity contribution in [3.63, 3.8) is 0 Å². The Balaban J connectivity index is 2.78. The van der Waals surface area contributed by atoms with E-state index in [0.29, 0.717) is 12.1 Å². The van der Waals surface area contributed by atoms with Crippen LogP contribution in [-0.2, 0) is 4.79 Å². The van der Waals surface area contributed by atoms with Crippen molar-refractivity contribution >= 4 is 17.7 Å². The van der Waals surface area contributed by atoms with Crippen molar-refractivity contribution in [2.75, 3.05) is 11.9 Å². The average Bonchev–Trinajstić information content (AvgIpc) is 2.43. The van der Waals surface area contributed by atoms with Gasteiger partial charge in [0.2, 0.25) is 0 Å². The quantitative estimate of drug-likeness (QED) is 0.871. The van der Waals surface area contributed by atoms with Crippen LogP contribution in [0.5, 0.6) is 0 Å². The number of halogens is 1. The molecule has 2 amide bonds. The SMILES string of the molecule is CCC(C)C(NC(=O)N(C)c1ccc(F)cc1)C(=O)O. The second-order valence-corrected chi connectivity index (χ2v) is 4.69. The lowest BCUT2D eigenvalue weighted by Gasteiger charge is -2.24. The molecule has 20 heavy (non-hydrogen) atoms. The molecule has 1 aromatic carbocycles. The monoisotopic (exact) mass is 282 g/mol. The number of nitrogens with zero attached hydrogens (tertiary/aromatic N) is 1. The van der Waals surface area contributed by atoms with E-state index >= 15 is 0 Å². The Morgan fingerprint density at radius 2 is 1.90 bits per heavy atom. The molecular formula is C14H19FN2O3. The van der Waals surface area contributed by atoms with Crippen molar-refractivity contribution in [1.29, 1.82) is 0 Å². The number of anilines is 1. The zero-order valence-corrected chi connectivity index (χ0v) is 11.8. The van der Waals surface area contributed by atoms with Crippen LogP contribution in [0.15, 0.2) is 24.3 Å². The highest BCUT2D eigenvalue weighted by molar-refractivity contribution is 5.94. The molecule has 2 atom stereocenters. The van der Waals surface area contributed by atoms with Crippen LogP contribution in [0.3, 0.4) is 0 Å². The number of carboxylic acids is 1. The molecule has 0 saturated carbocycles. The number of urea groups is 1. The van der Waals surface area contributed by atoms with Gasteiger partial charge in [-0.25, -0.2) is 14.0 Å². The Kier molecular flexibility index (Phi) is 5.49.